The minimum Gasteiger partial charge on any atom is -0.436 e. The Balaban J connectivity index is 2.19. The molecule has 3 nitrogen and oxygen atoms in total. The fraction of sp³-hybridized carbons (Fsp3) is 0.267. The van der Waals surface area contributed by atoms with Crippen LogP contribution in [-0.4, -0.2) is 10.5 Å². The lowest BCUT2D eigenvalue weighted by atomic mass is 10.1. The highest BCUT2D eigenvalue weighted by atomic mass is 79.9. The molecule has 2 rings (SSSR count). The smallest absolute Gasteiger partial charge is 0.221 e. The molecule has 0 spiro atoms. The maximum Gasteiger partial charge on any atom is 0.221 e. The molecule has 106 valence electrons. The number of hydrogen-bond donors (Lipinski definition) is 1. The minimum atomic E-state index is -0.435. The van der Waals surface area contributed by atoms with Crippen LogP contribution < -0.4 is 10.1 Å². The first-order valence-corrected chi connectivity index (χ1v) is 7.01. The molecular weight excluding hydrogens is 323 g/mol. The van der Waals surface area contributed by atoms with Crippen LogP contribution in [-0.2, 0) is 0 Å². The second-order valence-electron chi connectivity index (χ2n) is 5.41. The predicted molar refractivity (Wildman–Crippen MR) is 81.8 cm³/mol. The van der Waals surface area contributed by atoms with Crippen LogP contribution in [0.25, 0.3) is 0 Å². The second-order valence-corrected chi connectivity index (χ2v) is 6.33. The summed E-state index contributed by atoms with van der Waals surface area (Å²) >= 11 is 3.21. The number of ether oxygens (including phenoxy) is 1. The van der Waals surface area contributed by atoms with Crippen LogP contribution in [0.1, 0.15) is 20.8 Å². The van der Waals surface area contributed by atoms with E-state index in [1.807, 2.05) is 32.9 Å². The molecule has 0 saturated heterocycles. The third-order valence-corrected chi connectivity index (χ3v) is 2.83. The van der Waals surface area contributed by atoms with Crippen LogP contribution in [0.2, 0.25) is 0 Å². The summed E-state index contributed by atoms with van der Waals surface area (Å²) in [4.78, 5) is 4.31. The summed E-state index contributed by atoms with van der Waals surface area (Å²) < 4.78 is 19.8. The summed E-state index contributed by atoms with van der Waals surface area (Å²) in [6.07, 6.45) is 0. The highest BCUT2D eigenvalue weighted by molar-refractivity contribution is 9.10. The maximum atomic E-state index is 13.7. The van der Waals surface area contributed by atoms with E-state index >= 15 is 0 Å². The zero-order chi connectivity index (χ0) is 14.8. The number of nitrogens with one attached hydrogen (secondary N) is 1. The fourth-order valence-electron chi connectivity index (χ4n) is 1.60. The summed E-state index contributed by atoms with van der Waals surface area (Å²) in [5, 5.41) is 3.24. The number of pyridine rings is 1. The molecular formula is C15H16BrFN2O. The Labute approximate surface area is 126 Å². The van der Waals surface area contributed by atoms with E-state index in [1.54, 1.807) is 18.2 Å². The van der Waals surface area contributed by atoms with Gasteiger partial charge in [-0.3, -0.25) is 0 Å². The number of hydrogen-bond acceptors (Lipinski definition) is 3. The van der Waals surface area contributed by atoms with E-state index in [-0.39, 0.29) is 11.3 Å². The first-order chi connectivity index (χ1) is 9.33. The Bertz CT molecular complexity index is 611. The Morgan fingerprint density at radius 1 is 1.20 bits per heavy atom. The van der Waals surface area contributed by atoms with Gasteiger partial charge in [0.15, 0.2) is 11.6 Å². The van der Waals surface area contributed by atoms with Gasteiger partial charge in [-0.2, -0.15) is 4.98 Å². The molecule has 2 aromatic rings. The number of halogens is 2. The number of aromatic nitrogens is 1. The predicted octanol–water partition coefficient (Wildman–Crippen LogP) is 4.99. The van der Waals surface area contributed by atoms with Gasteiger partial charge in [0.2, 0.25) is 5.88 Å². The molecule has 1 heterocycles. The Hall–Kier alpha value is -1.62. The molecule has 5 heteroatoms. The van der Waals surface area contributed by atoms with E-state index in [4.69, 9.17) is 4.74 Å². The molecule has 1 aromatic heterocycles. The van der Waals surface area contributed by atoms with Gasteiger partial charge >= 0.3 is 0 Å². The van der Waals surface area contributed by atoms with Crippen molar-refractivity contribution in [3.8, 4) is 11.6 Å². The topological polar surface area (TPSA) is 34.1 Å². The van der Waals surface area contributed by atoms with Gasteiger partial charge in [0, 0.05) is 16.1 Å². The van der Waals surface area contributed by atoms with Crippen LogP contribution >= 0.6 is 15.9 Å². The molecule has 0 aliphatic rings. The van der Waals surface area contributed by atoms with E-state index in [9.17, 15) is 4.39 Å². The lowest BCUT2D eigenvalue weighted by Gasteiger charge is -2.21. The fourth-order valence-corrected chi connectivity index (χ4v) is 1.93. The SMILES string of the molecule is CC(C)(C)Nc1cccc(Oc2ccc(Br)cc2F)n1. The molecule has 0 atom stereocenters. The number of nitrogens with zero attached hydrogens (tertiary/aromatic N) is 1. The van der Waals surface area contributed by atoms with Gasteiger partial charge in [0.1, 0.15) is 5.82 Å². The van der Waals surface area contributed by atoms with Crippen LogP contribution in [0, 0.1) is 5.82 Å². The first-order valence-electron chi connectivity index (χ1n) is 6.22. The van der Waals surface area contributed by atoms with Gasteiger partial charge in [-0.15, -0.1) is 0 Å². The van der Waals surface area contributed by atoms with Gasteiger partial charge in [0.05, 0.1) is 0 Å². The minimum absolute atomic E-state index is 0.103. The standard InChI is InChI=1S/C15H16BrFN2O/c1-15(2,3)19-13-5-4-6-14(18-13)20-12-8-7-10(16)9-11(12)17/h4-9H,1-3H3,(H,18,19). The first kappa shape index (κ1) is 14.8. The number of benzene rings is 1. The number of anilines is 1. The lowest BCUT2D eigenvalue weighted by Crippen LogP contribution is -2.26. The van der Waals surface area contributed by atoms with Crippen LogP contribution in [0.5, 0.6) is 11.6 Å². The van der Waals surface area contributed by atoms with Crippen molar-refractivity contribution in [2.24, 2.45) is 0 Å². The Kier molecular flexibility index (Phi) is 4.28. The van der Waals surface area contributed by atoms with Crippen molar-refractivity contribution < 1.29 is 9.13 Å². The summed E-state index contributed by atoms with van der Waals surface area (Å²) in [7, 11) is 0. The van der Waals surface area contributed by atoms with Crippen molar-refractivity contribution in [1.82, 2.24) is 4.98 Å². The molecule has 0 unspecified atom stereocenters. The van der Waals surface area contributed by atoms with E-state index in [2.05, 4.69) is 26.2 Å². The molecule has 0 aliphatic heterocycles. The molecule has 0 radical (unpaired) electrons. The Morgan fingerprint density at radius 2 is 1.95 bits per heavy atom. The molecule has 0 fully saturated rings. The monoisotopic (exact) mass is 338 g/mol. The molecule has 1 N–H and O–H groups in total. The van der Waals surface area contributed by atoms with Crippen LogP contribution in [0.4, 0.5) is 10.2 Å². The molecule has 0 bridgehead atoms. The quantitative estimate of drug-likeness (QED) is 0.856. The normalized spacial score (nSPS) is 11.2. The van der Waals surface area contributed by atoms with Crippen molar-refractivity contribution >= 4 is 21.7 Å². The highest BCUT2D eigenvalue weighted by Gasteiger charge is 2.11. The second kappa shape index (κ2) is 5.79. The molecule has 0 aliphatic carbocycles. The number of rotatable bonds is 3. The van der Waals surface area contributed by atoms with Crippen LogP contribution in [0.3, 0.4) is 0 Å². The van der Waals surface area contributed by atoms with E-state index in [0.717, 1.165) is 0 Å². The third-order valence-electron chi connectivity index (χ3n) is 2.34. The van der Waals surface area contributed by atoms with E-state index in [1.165, 1.54) is 6.07 Å². The van der Waals surface area contributed by atoms with Crippen molar-refractivity contribution in [3.05, 3.63) is 46.7 Å². The lowest BCUT2D eigenvalue weighted by molar-refractivity contribution is 0.427. The van der Waals surface area contributed by atoms with Crippen molar-refractivity contribution in [2.75, 3.05) is 5.32 Å². The summed E-state index contributed by atoms with van der Waals surface area (Å²) in [6.45, 7) is 6.11. The summed E-state index contributed by atoms with van der Waals surface area (Å²) in [5.41, 5.74) is -0.103. The largest absolute Gasteiger partial charge is 0.436 e. The molecule has 0 saturated carbocycles. The zero-order valence-corrected chi connectivity index (χ0v) is 13.2. The average Bonchev–Trinajstić information content (AvgIpc) is 2.31. The van der Waals surface area contributed by atoms with Gasteiger partial charge in [-0.05, 0) is 45.0 Å². The van der Waals surface area contributed by atoms with Gasteiger partial charge < -0.3 is 10.1 Å². The van der Waals surface area contributed by atoms with Gasteiger partial charge in [0.25, 0.3) is 0 Å². The zero-order valence-electron chi connectivity index (χ0n) is 11.6. The van der Waals surface area contributed by atoms with Crippen molar-refractivity contribution in [3.63, 3.8) is 0 Å². The van der Waals surface area contributed by atoms with Crippen molar-refractivity contribution in [2.45, 2.75) is 26.3 Å². The van der Waals surface area contributed by atoms with E-state index < -0.39 is 5.82 Å². The third kappa shape index (κ3) is 4.20. The summed E-state index contributed by atoms with van der Waals surface area (Å²) in [5.74, 6) is 0.747. The molecule has 20 heavy (non-hydrogen) atoms. The average molecular weight is 339 g/mol. The molecule has 0 amide bonds. The Morgan fingerprint density at radius 3 is 2.60 bits per heavy atom. The van der Waals surface area contributed by atoms with E-state index in [0.29, 0.717) is 16.2 Å². The van der Waals surface area contributed by atoms with Gasteiger partial charge in [-0.25, -0.2) is 4.39 Å². The summed E-state index contributed by atoms with van der Waals surface area (Å²) in [6, 6.07) is 9.98. The highest BCUT2D eigenvalue weighted by Crippen LogP contribution is 2.26. The molecule has 1 aromatic carbocycles. The van der Waals surface area contributed by atoms with Gasteiger partial charge in [-0.1, -0.05) is 22.0 Å². The van der Waals surface area contributed by atoms with Crippen molar-refractivity contribution in [1.29, 1.82) is 0 Å². The van der Waals surface area contributed by atoms with Crippen LogP contribution in [0.15, 0.2) is 40.9 Å². The maximum absolute atomic E-state index is 13.7.